The van der Waals surface area contributed by atoms with E-state index in [1.54, 1.807) is 24.8 Å². The first-order valence-electron chi connectivity index (χ1n) is 17.8. The number of hydrogen-bond acceptors (Lipinski definition) is 8. The summed E-state index contributed by atoms with van der Waals surface area (Å²) < 4.78 is 76.0. The number of aromatic nitrogens is 10. The van der Waals surface area contributed by atoms with Gasteiger partial charge in [0.05, 0.1) is 17.7 Å². The number of rotatable bonds is 9. The van der Waals surface area contributed by atoms with E-state index >= 15 is 0 Å². The van der Waals surface area contributed by atoms with Crippen LogP contribution in [-0.4, -0.2) is 50.8 Å². The quantitative estimate of drug-likeness (QED) is 0.112. The largest absolute Gasteiger partial charge is 0.416 e. The summed E-state index contributed by atoms with van der Waals surface area (Å²) in [4.78, 5) is 9.35. The summed E-state index contributed by atoms with van der Waals surface area (Å²) in [7, 11) is 0. The van der Waals surface area contributed by atoms with Crippen LogP contribution in [0.3, 0.4) is 0 Å². The van der Waals surface area contributed by atoms with Gasteiger partial charge in [0.2, 0.25) is 11.6 Å². The van der Waals surface area contributed by atoms with Crippen LogP contribution in [0.25, 0.3) is 22.8 Å². The van der Waals surface area contributed by atoms with Crippen molar-refractivity contribution < 1.29 is 26.3 Å². The number of hydrogen-bond donors (Lipinski definition) is 1. The van der Waals surface area contributed by atoms with Crippen molar-refractivity contribution in [1.82, 2.24) is 50.8 Å². The Labute approximate surface area is 359 Å². The minimum atomic E-state index is -4.34. The van der Waals surface area contributed by atoms with Crippen LogP contribution in [-0.2, 0) is 37.1 Å². The molecule has 4 aromatic heterocycles. The second-order valence-electron chi connectivity index (χ2n) is 12.8. The van der Waals surface area contributed by atoms with E-state index in [9.17, 15) is 26.3 Å². The average Bonchev–Trinajstić information content (AvgIpc) is 3.96. The second-order valence-corrected chi connectivity index (χ2v) is 13.3. The third kappa shape index (κ3) is 12.9. The number of tetrazole rings is 2. The van der Waals surface area contributed by atoms with Crippen LogP contribution >= 0.6 is 32.9 Å². The van der Waals surface area contributed by atoms with Gasteiger partial charge in [-0.1, -0.05) is 88.7 Å². The fourth-order valence-corrected chi connectivity index (χ4v) is 6.04. The Kier molecular flexibility index (Phi) is 15.9. The molecular formula is C42H34Br2F6N10. The van der Waals surface area contributed by atoms with Gasteiger partial charge in [-0.2, -0.15) is 36.4 Å². The van der Waals surface area contributed by atoms with Gasteiger partial charge in [-0.25, -0.2) is 0 Å². The molecule has 0 atom stereocenters. The number of H-pyrrole nitrogens is 1. The summed E-state index contributed by atoms with van der Waals surface area (Å²) in [5.74, 6) is 0.934. The second kappa shape index (κ2) is 21.2. The Balaban J connectivity index is 0.000000194. The van der Waals surface area contributed by atoms with E-state index in [-0.39, 0.29) is 17.0 Å². The molecule has 0 unspecified atom stereocenters. The molecule has 0 radical (unpaired) electrons. The first-order chi connectivity index (χ1) is 28.5. The van der Waals surface area contributed by atoms with E-state index in [1.807, 2.05) is 72.8 Å². The predicted octanol–water partition coefficient (Wildman–Crippen LogP) is 10.4. The molecule has 0 amide bonds. The molecule has 0 aliphatic heterocycles. The maximum atomic E-state index is 12.8. The highest BCUT2D eigenvalue weighted by Crippen LogP contribution is 2.31. The lowest BCUT2D eigenvalue weighted by atomic mass is 9.98. The molecule has 0 saturated heterocycles. The van der Waals surface area contributed by atoms with E-state index in [0.29, 0.717) is 31.0 Å². The molecule has 0 aliphatic carbocycles. The lowest BCUT2D eigenvalue weighted by Gasteiger charge is -2.09. The first-order valence-corrected chi connectivity index (χ1v) is 18.9. The van der Waals surface area contributed by atoms with Gasteiger partial charge < -0.3 is 0 Å². The molecule has 8 aromatic rings. The Bertz CT molecular complexity index is 2480. The number of alkyl halides is 7. The van der Waals surface area contributed by atoms with Crippen LogP contribution in [0, 0.1) is 0 Å². The van der Waals surface area contributed by atoms with Crippen molar-refractivity contribution in [3.05, 3.63) is 191 Å². The Hall–Kier alpha value is -6.14. The summed E-state index contributed by atoms with van der Waals surface area (Å²) in [6.45, 7) is 0.469. The van der Waals surface area contributed by atoms with Gasteiger partial charge in [-0.05, 0) is 105 Å². The molecule has 0 spiro atoms. The van der Waals surface area contributed by atoms with Gasteiger partial charge in [0.15, 0.2) is 0 Å². The molecule has 0 aliphatic rings. The first kappa shape index (κ1) is 45.0. The summed E-state index contributed by atoms with van der Waals surface area (Å²) in [6.07, 6.45) is -0.725. The van der Waals surface area contributed by atoms with Crippen molar-refractivity contribution in [2.75, 3.05) is 0 Å². The van der Waals surface area contributed by atoms with Crippen LogP contribution in [0.1, 0.15) is 44.5 Å². The summed E-state index contributed by atoms with van der Waals surface area (Å²) in [5.41, 5.74) is 5.95. The topological polar surface area (TPSA) is 124 Å². The van der Waals surface area contributed by atoms with Crippen LogP contribution in [0.4, 0.5) is 26.3 Å². The van der Waals surface area contributed by atoms with Crippen molar-refractivity contribution >= 4 is 32.9 Å². The third-order valence-corrected chi connectivity index (χ3v) is 9.29. The molecule has 1 N–H and O–H groups in total. The molecule has 4 heterocycles. The zero-order valence-electron chi connectivity index (χ0n) is 31.3. The molecule has 308 valence electrons. The van der Waals surface area contributed by atoms with E-state index < -0.39 is 23.5 Å². The highest BCUT2D eigenvalue weighted by Gasteiger charge is 2.30. The monoisotopic (exact) mass is 950 g/mol. The van der Waals surface area contributed by atoms with Gasteiger partial charge in [0.1, 0.15) is 0 Å². The highest BCUT2D eigenvalue weighted by atomic mass is 79.9. The minimum absolute atomic E-state index is 0. The molecule has 0 fully saturated rings. The zero-order valence-corrected chi connectivity index (χ0v) is 34.6. The number of aromatic amines is 1. The van der Waals surface area contributed by atoms with Crippen molar-refractivity contribution in [3.63, 3.8) is 0 Å². The van der Waals surface area contributed by atoms with Crippen LogP contribution < -0.4 is 0 Å². The molecule has 0 saturated carbocycles. The normalized spacial score (nSPS) is 11.1. The van der Waals surface area contributed by atoms with Gasteiger partial charge in [-0.15, -0.1) is 37.4 Å². The number of halogens is 8. The highest BCUT2D eigenvalue weighted by molar-refractivity contribution is 9.08. The van der Waals surface area contributed by atoms with E-state index in [2.05, 4.69) is 61.9 Å². The Morgan fingerprint density at radius 2 is 1.00 bits per heavy atom. The van der Waals surface area contributed by atoms with Gasteiger partial charge in [-0.3, -0.25) is 9.97 Å². The predicted molar refractivity (Wildman–Crippen MR) is 222 cm³/mol. The molecular weight excluding hydrogens is 918 g/mol. The summed E-state index contributed by atoms with van der Waals surface area (Å²) in [6, 6.07) is 33.0. The van der Waals surface area contributed by atoms with Crippen LogP contribution in [0.5, 0.6) is 0 Å². The van der Waals surface area contributed by atoms with Gasteiger partial charge in [0, 0.05) is 41.2 Å². The van der Waals surface area contributed by atoms with E-state index in [0.717, 1.165) is 68.5 Å². The lowest BCUT2D eigenvalue weighted by Crippen LogP contribution is -2.04. The molecule has 0 bridgehead atoms. The summed E-state index contributed by atoms with van der Waals surface area (Å²) in [5, 5.41) is 27.4. The van der Waals surface area contributed by atoms with E-state index in [4.69, 9.17) is 0 Å². The Morgan fingerprint density at radius 3 is 1.43 bits per heavy atom. The molecule has 8 rings (SSSR count). The van der Waals surface area contributed by atoms with Gasteiger partial charge in [0.25, 0.3) is 0 Å². The third-order valence-electron chi connectivity index (χ3n) is 8.64. The van der Waals surface area contributed by atoms with Gasteiger partial charge >= 0.3 is 12.4 Å². The van der Waals surface area contributed by atoms with Crippen molar-refractivity contribution in [2.24, 2.45) is 0 Å². The van der Waals surface area contributed by atoms with Crippen molar-refractivity contribution in [2.45, 2.75) is 37.1 Å². The van der Waals surface area contributed by atoms with Crippen LogP contribution in [0.15, 0.2) is 146 Å². The Morgan fingerprint density at radius 1 is 0.533 bits per heavy atom. The van der Waals surface area contributed by atoms with E-state index in [1.165, 1.54) is 34.6 Å². The SMILES string of the molecule is Br.BrCc1ccncc1.FC(F)(F)c1ccc(Cc2ccccc2-c2nn[nH]n2)cc1.FC(F)(F)c1ccc(Cc2ccccc2-c2nnn(Cc3ccncc3)n2)cc1. The molecule has 18 heteroatoms. The fraction of sp³-hybridized carbons (Fsp3) is 0.143. The number of benzene rings is 4. The van der Waals surface area contributed by atoms with Crippen molar-refractivity contribution in [1.29, 1.82) is 0 Å². The lowest BCUT2D eigenvalue weighted by molar-refractivity contribution is -0.138. The van der Waals surface area contributed by atoms with Crippen molar-refractivity contribution in [3.8, 4) is 22.8 Å². The molecule has 4 aromatic carbocycles. The standard InChI is InChI=1S/C21H16F3N5.C15H11F3N4.C6H6BrN.BrH/c22-21(23,24)18-7-5-15(6-8-18)13-17-3-1-2-4-19(17)20-26-28-29(27-20)14-16-9-11-25-12-10-16;16-15(17,18)12-7-5-10(6-8-12)9-11-3-1-2-4-13(11)14-19-21-22-20-14;7-5-6-1-3-8-4-2-6;/h1-12H,13-14H2;1-8H,9H2,(H,19,20,21,22);1-4H,5H2;1H. The fourth-order valence-electron chi connectivity index (χ4n) is 5.67. The number of nitrogens with one attached hydrogen (secondary N) is 1. The number of pyridine rings is 2. The smallest absolute Gasteiger partial charge is 0.265 e. The van der Waals surface area contributed by atoms with Crippen LogP contribution in [0.2, 0.25) is 0 Å². The summed E-state index contributed by atoms with van der Waals surface area (Å²) >= 11 is 3.33. The minimum Gasteiger partial charge on any atom is -0.265 e. The molecule has 10 nitrogen and oxygen atoms in total. The maximum absolute atomic E-state index is 12.8. The zero-order chi connectivity index (χ0) is 41.7. The molecule has 60 heavy (non-hydrogen) atoms. The maximum Gasteiger partial charge on any atom is 0.416 e. The average molecular weight is 953 g/mol. The number of nitrogens with zero attached hydrogens (tertiary/aromatic N) is 9.